The highest BCUT2D eigenvalue weighted by atomic mass is 35.5. The zero-order valence-electron chi connectivity index (χ0n) is 17.5. The molecule has 2 saturated heterocycles. The first-order valence-electron chi connectivity index (χ1n) is 10.5. The lowest BCUT2D eigenvalue weighted by Gasteiger charge is -2.22. The van der Waals surface area contributed by atoms with Gasteiger partial charge in [0.1, 0.15) is 4.90 Å². The molecule has 162 valence electrons. The van der Waals surface area contributed by atoms with Crippen LogP contribution in [0.5, 0.6) is 0 Å². The molecule has 0 amide bonds. The van der Waals surface area contributed by atoms with Crippen molar-refractivity contribution >= 4 is 27.3 Å². The number of pyridine rings is 1. The van der Waals surface area contributed by atoms with Crippen molar-refractivity contribution in [2.75, 3.05) is 44.6 Å². The minimum Gasteiger partial charge on any atom is -0.385 e. The number of hydrogen-bond donors (Lipinski definition) is 1. The lowest BCUT2D eigenvalue weighted by Crippen LogP contribution is -2.34. The van der Waals surface area contributed by atoms with Crippen molar-refractivity contribution in [2.45, 2.75) is 25.2 Å². The monoisotopic (exact) mass is 448 g/mol. The predicted molar refractivity (Wildman–Crippen MR) is 120 cm³/mol. The van der Waals surface area contributed by atoms with Crippen LogP contribution in [0.1, 0.15) is 17.7 Å². The van der Waals surface area contributed by atoms with Crippen LogP contribution >= 0.6 is 11.6 Å². The van der Waals surface area contributed by atoms with E-state index >= 15 is 0 Å². The molecule has 6 nitrogen and oxygen atoms in total. The Balaban J connectivity index is 1.25. The molecule has 8 heteroatoms. The first-order chi connectivity index (χ1) is 14.3. The first kappa shape index (κ1) is 21.6. The van der Waals surface area contributed by atoms with E-state index in [9.17, 15) is 8.42 Å². The van der Waals surface area contributed by atoms with Crippen molar-refractivity contribution in [3.8, 4) is 0 Å². The lowest BCUT2D eigenvalue weighted by atomic mass is 10.0. The fourth-order valence-electron chi connectivity index (χ4n) is 4.55. The molecule has 1 aromatic carbocycles. The first-order valence-corrected chi connectivity index (χ1v) is 12.3. The minimum atomic E-state index is -3.46. The number of fused-ring (bicyclic) bond motifs is 1. The third-order valence-electron chi connectivity index (χ3n) is 6.26. The van der Waals surface area contributed by atoms with Crippen LogP contribution in [0, 0.1) is 25.7 Å². The zero-order chi connectivity index (χ0) is 21.3. The van der Waals surface area contributed by atoms with Gasteiger partial charge in [0.2, 0.25) is 10.0 Å². The van der Waals surface area contributed by atoms with Crippen LogP contribution in [0.15, 0.2) is 41.4 Å². The number of nitrogens with one attached hydrogen (secondary N) is 1. The van der Waals surface area contributed by atoms with Crippen molar-refractivity contribution in [1.29, 1.82) is 0 Å². The minimum absolute atomic E-state index is 0.337. The van der Waals surface area contributed by atoms with Crippen LogP contribution in [0.3, 0.4) is 0 Å². The van der Waals surface area contributed by atoms with Gasteiger partial charge in [-0.2, -0.15) is 4.31 Å². The van der Waals surface area contributed by atoms with Crippen LogP contribution in [-0.4, -0.2) is 61.9 Å². The van der Waals surface area contributed by atoms with Crippen LogP contribution in [0.4, 0.5) is 5.69 Å². The van der Waals surface area contributed by atoms with E-state index in [1.54, 1.807) is 29.6 Å². The summed E-state index contributed by atoms with van der Waals surface area (Å²) < 4.78 is 27.7. The van der Waals surface area contributed by atoms with Gasteiger partial charge in [-0.1, -0.05) is 17.7 Å². The summed E-state index contributed by atoms with van der Waals surface area (Å²) >= 11 is 6.18. The quantitative estimate of drug-likeness (QED) is 0.657. The van der Waals surface area contributed by atoms with Crippen molar-refractivity contribution in [1.82, 2.24) is 14.2 Å². The third kappa shape index (κ3) is 4.49. The molecule has 4 rings (SSSR count). The molecular formula is C22H29ClN4O2S. The highest BCUT2D eigenvalue weighted by Crippen LogP contribution is 2.34. The predicted octanol–water partition coefficient (Wildman–Crippen LogP) is 3.41. The van der Waals surface area contributed by atoms with E-state index in [-0.39, 0.29) is 0 Å². The average Bonchev–Trinajstić information content (AvgIpc) is 3.27. The third-order valence-corrected chi connectivity index (χ3v) is 8.63. The number of likely N-dealkylation sites (tertiary alicyclic amines) is 1. The van der Waals surface area contributed by atoms with E-state index in [0.29, 0.717) is 35.5 Å². The van der Waals surface area contributed by atoms with E-state index in [1.165, 1.54) is 0 Å². The molecule has 2 unspecified atom stereocenters. The molecule has 2 aliphatic rings. The molecule has 2 aromatic rings. The summed E-state index contributed by atoms with van der Waals surface area (Å²) in [5.41, 5.74) is 2.70. The number of halogens is 1. The van der Waals surface area contributed by atoms with E-state index in [4.69, 9.17) is 11.6 Å². The molecule has 2 atom stereocenters. The Morgan fingerprint density at radius 1 is 1.13 bits per heavy atom. The van der Waals surface area contributed by atoms with E-state index in [1.807, 2.05) is 19.1 Å². The molecule has 2 aliphatic heterocycles. The smallest absolute Gasteiger partial charge is 0.244 e. The van der Waals surface area contributed by atoms with Crippen molar-refractivity contribution < 1.29 is 8.42 Å². The van der Waals surface area contributed by atoms with Crippen LogP contribution < -0.4 is 5.32 Å². The maximum absolute atomic E-state index is 13.0. The van der Waals surface area contributed by atoms with Crippen molar-refractivity contribution in [3.63, 3.8) is 0 Å². The molecule has 0 aliphatic carbocycles. The van der Waals surface area contributed by atoms with Gasteiger partial charge in [-0.15, -0.1) is 0 Å². The van der Waals surface area contributed by atoms with E-state index in [2.05, 4.69) is 21.3 Å². The van der Waals surface area contributed by atoms with Gasteiger partial charge in [0, 0.05) is 49.6 Å². The van der Waals surface area contributed by atoms with Gasteiger partial charge in [-0.25, -0.2) is 8.42 Å². The molecule has 2 fully saturated rings. The van der Waals surface area contributed by atoms with Gasteiger partial charge < -0.3 is 10.2 Å². The average molecular weight is 449 g/mol. The molecule has 0 radical (unpaired) electrons. The summed E-state index contributed by atoms with van der Waals surface area (Å²) in [4.78, 5) is 6.95. The zero-order valence-corrected chi connectivity index (χ0v) is 19.1. The molecule has 0 saturated carbocycles. The topological polar surface area (TPSA) is 65.5 Å². The number of nitrogens with zero attached hydrogens (tertiary/aromatic N) is 3. The maximum Gasteiger partial charge on any atom is 0.244 e. The Hall–Kier alpha value is -1.67. The van der Waals surface area contributed by atoms with Gasteiger partial charge in [0.15, 0.2) is 0 Å². The number of aromatic nitrogens is 1. The van der Waals surface area contributed by atoms with E-state index in [0.717, 1.165) is 48.9 Å². The van der Waals surface area contributed by atoms with Crippen LogP contribution in [0.25, 0.3) is 0 Å². The Labute approximate surface area is 184 Å². The molecule has 1 N–H and O–H groups in total. The molecule has 0 bridgehead atoms. The summed E-state index contributed by atoms with van der Waals surface area (Å²) in [5.74, 6) is 0.834. The van der Waals surface area contributed by atoms with Gasteiger partial charge in [0.05, 0.1) is 5.69 Å². The normalized spacial score (nSPS) is 22.4. The van der Waals surface area contributed by atoms with Crippen molar-refractivity contribution in [2.24, 2.45) is 11.8 Å². The summed E-state index contributed by atoms with van der Waals surface area (Å²) in [6.07, 6.45) is 2.68. The SMILES string of the molecule is Cc1ccc(NCCCN2CC3CN(S(=O)(=O)c4cccnc4C)CC3C2)cc1Cl. The summed E-state index contributed by atoms with van der Waals surface area (Å²) in [6.45, 7) is 8.83. The number of aryl methyl sites for hydroxylation is 2. The number of benzene rings is 1. The molecule has 0 spiro atoms. The van der Waals surface area contributed by atoms with Gasteiger partial charge in [-0.05, 0) is 68.5 Å². The lowest BCUT2D eigenvalue weighted by molar-refractivity contribution is 0.296. The molecule has 1 aromatic heterocycles. The second-order valence-electron chi connectivity index (χ2n) is 8.43. The maximum atomic E-state index is 13.0. The molecule has 30 heavy (non-hydrogen) atoms. The largest absolute Gasteiger partial charge is 0.385 e. The summed E-state index contributed by atoms with van der Waals surface area (Å²) in [5, 5.41) is 4.22. The Bertz CT molecular complexity index is 1000. The molecule has 3 heterocycles. The Morgan fingerprint density at radius 3 is 2.53 bits per heavy atom. The second-order valence-corrected chi connectivity index (χ2v) is 10.7. The highest BCUT2D eigenvalue weighted by Gasteiger charge is 2.44. The fourth-order valence-corrected chi connectivity index (χ4v) is 6.46. The number of sulfonamides is 1. The van der Waals surface area contributed by atoms with Crippen molar-refractivity contribution in [3.05, 3.63) is 52.8 Å². The Kier molecular flexibility index (Phi) is 6.34. The summed E-state index contributed by atoms with van der Waals surface area (Å²) in [7, 11) is -3.46. The number of hydrogen-bond acceptors (Lipinski definition) is 5. The second kappa shape index (κ2) is 8.83. The van der Waals surface area contributed by atoms with Gasteiger partial charge in [0.25, 0.3) is 0 Å². The van der Waals surface area contributed by atoms with Gasteiger partial charge in [-0.3, -0.25) is 4.98 Å². The van der Waals surface area contributed by atoms with Crippen LogP contribution in [0.2, 0.25) is 5.02 Å². The number of rotatable bonds is 7. The summed E-state index contributed by atoms with van der Waals surface area (Å²) in [6, 6.07) is 9.40. The Morgan fingerprint density at radius 2 is 1.87 bits per heavy atom. The molecular weight excluding hydrogens is 420 g/mol. The fraction of sp³-hybridized carbons (Fsp3) is 0.500. The standard InChI is InChI=1S/C22H29ClN4O2S/c1-16-6-7-20(11-21(16)23)25-9-4-10-26-12-18-14-27(15-19(18)13-26)30(28,29)22-5-3-8-24-17(22)2/h3,5-8,11,18-19,25H,4,9-10,12-15H2,1-2H3. The van der Waals surface area contributed by atoms with E-state index < -0.39 is 10.0 Å². The highest BCUT2D eigenvalue weighted by molar-refractivity contribution is 7.89. The number of anilines is 1. The van der Waals surface area contributed by atoms with Crippen LogP contribution in [-0.2, 0) is 10.0 Å². The van der Waals surface area contributed by atoms with Gasteiger partial charge >= 0.3 is 0 Å².